The van der Waals surface area contributed by atoms with Crippen molar-refractivity contribution in [3.05, 3.63) is 11.6 Å². The Balaban J connectivity index is 2.16. The SMILES string of the molecule is CCCCCCCCCCC(=CCCCCC1CC1CCOC(=O)CCCN(C)C)CCCCCCCCCC. The molecule has 3 nitrogen and oxygen atoms in total. The fraction of sp³-hybridized carbons (Fsp3) is 0.919. The predicted octanol–water partition coefficient (Wildman–Crippen LogP) is 11.4. The molecule has 2 unspecified atom stereocenters. The highest BCUT2D eigenvalue weighted by molar-refractivity contribution is 5.69. The van der Waals surface area contributed by atoms with E-state index in [0.717, 1.165) is 31.2 Å². The third-order valence-electron chi connectivity index (χ3n) is 8.97. The molecule has 1 aliphatic rings. The number of esters is 1. The second-order valence-electron chi connectivity index (χ2n) is 13.3. The molecular weight excluding hydrogens is 490 g/mol. The van der Waals surface area contributed by atoms with Gasteiger partial charge in [0.1, 0.15) is 0 Å². The van der Waals surface area contributed by atoms with Crippen molar-refractivity contribution in [1.29, 1.82) is 0 Å². The summed E-state index contributed by atoms with van der Waals surface area (Å²) in [5.41, 5.74) is 1.77. The summed E-state index contributed by atoms with van der Waals surface area (Å²) in [6.45, 7) is 6.19. The molecule has 40 heavy (non-hydrogen) atoms. The summed E-state index contributed by atoms with van der Waals surface area (Å²) in [6.07, 6.45) is 37.3. The Morgan fingerprint density at radius 1 is 0.650 bits per heavy atom. The summed E-state index contributed by atoms with van der Waals surface area (Å²) in [5.74, 6) is 1.69. The maximum absolute atomic E-state index is 11.9. The second kappa shape index (κ2) is 27.0. The number of carbonyl (C=O) groups is 1. The Kier molecular flexibility index (Phi) is 25.1. The molecule has 0 amide bonds. The van der Waals surface area contributed by atoms with E-state index in [9.17, 15) is 4.79 Å². The molecular formula is C37H71NO2. The molecule has 3 heteroatoms. The molecule has 2 atom stereocenters. The topological polar surface area (TPSA) is 29.5 Å². The molecule has 0 heterocycles. The summed E-state index contributed by atoms with van der Waals surface area (Å²) in [4.78, 5) is 14.0. The van der Waals surface area contributed by atoms with Crippen molar-refractivity contribution in [2.45, 2.75) is 181 Å². The minimum absolute atomic E-state index is 0.0133. The number of allylic oxidation sites excluding steroid dienone is 2. The zero-order valence-corrected chi connectivity index (χ0v) is 27.8. The Bertz CT molecular complexity index is 577. The molecule has 1 fully saturated rings. The first-order valence-electron chi connectivity index (χ1n) is 18.0. The maximum atomic E-state index is 11.9. The fourth-order valence-electron chi connectivity index (χ4n) is 6.11. The van der Waals surface area contributed by atoms with Crippen molar-refractivity contribution < 1.29 is 9.53 Å². The Morgan fingerprint density at radius 2 is 1.18 bits per heavy atom. The van der Waals surface area contributed by atoms with Crippen LogP contribution in [0.25, 0.3) is 0 Å². The molecule has 0 aromatic heterocycles. The van der Waals surface area contributed by atoms with Gasteiger partial charge < -0.3 is 9.64 Å². The highest BCUT2D eigenvalue weighted by atomic mass is 16.5. The first-order valence-corrected chi connectivity index (χ1v) is 18.0. The zero-order valence-electron chi connectivity index (χ0n) is 27.8. The van der Waals surface area contributed by atoms with Crippen molar-refractivity contribution in [3.8, 4) is 0 Å². The minimum Gasteiger partial charge on any atom is -0.466 e. The molecule has 0 bridgehead atoms. The van der Waals surface area contributed by atoms with Gasteiger partial charge in [0.05, 0.1) is 6.61 Å². The summed E-state index contributed by atoms with van der Waals surface area (Å²) in [6, 6.07) is 0. The van der Waals surface area contributed by atoms with E-state index in [-0.39, 0.29) is 5.97 Å². The molecule has 236 valence electrons. The van der Waals surface area contributed by atoms with Gasteiger partial charge in [-0.2, -0.15) is 0 Å². The van der Waals surface area contributed by atoms with Gasteiger partial charge in [-0.3, -0.25) is 4.79 Å². The Morgan fingerprint density at radius 3 is 1.73 bits per heavy atom. The van der Waals surface area contributed by atoms with Crippen LogP contribution < -0.4 is 0 Å². The minimum atomic E-state index is -0.0133. The maximum Gasteiger partial charge on any atom is 0.305 e. The lowest BCUT2D eigenvalue weighted by Crippen LogP contribution is -2.15. The highest BCUT2D eigenvalue weighted by Gasteiger charge is 2.35. The van der Waals surface area contributed by atoms with Crippen molar-refractivity contribution in [3.63, 3.8) is 0 Å². The summed E-state index contributed by atoms with van der Waals surface area (Å²) < 4.78 is 5.47. The van der Waals surface area contributed by atoms with Gasteiger partial charge in [0.15, 0.2) is 0 Å². The second-order valence-corrected chi connectivity index (χ2v) is 13.3. The van der Waals surface area contributed by atoms with Gasteiger partial charge in [-0.1, -0.05) is 128 Å². The van der Waals surface area contributed by atoms with E-state index in [2.05, 4.69) is 24.8 Å². The van der Waals surface area contributed by atoms with Crippen LogP contribution in [0.15, 0.2) is 11.6 Å². The molecule has 1 aliphatic carbocycles. The van der Waals surface area contributed by atoms with E-state index in [0.29, 0.717) is 13.0 Å². The number of unbranched alkanes of at least 4 members (excludes halogenated alkanes) is 16. The average Bonchev–Trinajstić information content (AvgIpc) is 3.68. The molecule has 0 spiro atoms. The largest absolute Gasteiger partial charge is 0.466 e. The van der Waals surface area contributed by atoms with Crippen molar-refractivity contribution in [1.82, 2.24) is 4.90 Å². The zero-order chi connectivity index (χ0) is 29.1. The van der Waals surface area contributed by atoms with Crippen LogP contribution in [0.4, 0.5) is 0 Å². The van der Waals surface area contributed by atoms with Gasteiger partial charge in [0.2, 0.25) is 0 Å². The van der Waals surface area contributed by atoms with E-state index in [1.54, 1.807) is 5.57 Å². The van der Waals surface area contributed by atoms with Crippen molar-refractivity contribution in [2.24, 2.45) is 11.8 Å². The highest BCUT2D eigenvalue weighted by Crippen LogP contribution is 2.44. The molecule has 1 saturated carbocycles. The average molecular weight is 562 g/mol. The van der Waals surface area contributed by atoms with E-state index >= 15 is 0 Å². The lowest BCUT2D eigenvalue weighted by atomic mass is 9.97. The van der Waals surface area contributed by atoms with E-state index in [1.165, 1.54) is 148 Å². The molecule has 0 N–H and O–H groups in total. The van der Waals surface area contributed by atoms with Crippen LogP contribution in [-0.4, -0.2) is 38.1 Å². The number of nitrogens with zero attached hydrogens (tertiary/aromatic N) is 1. The van der Waals surface area contributed by atoms with Crippen LogP contribution in [0, 0.1) is 11.8 Å². The monoisotopic (exact) mass is 562 g/mol. The van der Waals surface area contributed by atoms with Gasteiger partial charge in [-0.25, -0.2) is 0 Å². The van der Waals surface area contributed by atoms with E-state index in [1.807, 2.05) is 14.1 Å². The lowest BCUT2D eigenvalue weighted by molar-refractivity contribution is -0.144. The quantitative estimate of drug-likeness (QED) is 0.0496. The standard InChI is InChI=1S/C37H71NO2/c1-5-7-9-11-13-15-17-20-25-34(26-21-18-16-14-12-10-8-6-2)27-22-19-23-28-35-33-36(35)30-32-40-37(39)29-24-31-38(3)4/h27,35-36H,5-26,28-33H2,1-4H3. The van der Waals surface area contributed by atoms with E-state index < -0.39 is 0 Å². The Labute approximate surface area is 251 Å². The number of rotatable bonds is 30. The van der Waals surface area contributed by atoms with Crippen LogP contribution >= 0.6 is 0 Å². The Hall–Kier alpha value is -0.830. The van der Waals surface area contributed by atoms with Gasteiger partial charge in [-0.15, -0.1) is 0 Å². The number of hydrogen-bond donors (Lipinski definition) is 0. The van der Waals surface area contributed by atoms with Crippen LogP contribution in [0.1, 0.15) is 181 Å². The van der Waals surface area contributed by atoms with E-state index in [4.69, 9.17) is 4.74 Å². The molecule has 1 rings (SSSR count). The molecule has 0 radical (unpaired) electrons. The molecule has 0 aromatic carbocycles. The van der Waals surface area contributed by atoms with Gasteiger partial charge in [-0.05, 0) is 90.3 Å². The van der Waals surface area contributed by atoms with Gasteiger partial charge in [0.25, 0.3) is 0 Å². The summed E-state index contributed by atoms with van der Waals surface area (Å²) in [7, 11) is 4.09. The van der Waals surface area contributed by atoms with Crippen LogP contribution in [-0.2, 0) is 9.53 Å². The lowest BCUT2D eigenvalue weighted by Gasteiger charge is -2.09. The number of carbonyl (C=O) groups excluding carboxylic acids is 1. The first-order chi connectivity index (χ1) is 19.6. The summed E-state index contributed by atoms with van der Waals surface area (Å²) >= 11 is 0. The fourth-order valence-corrected chi connectivity index (χ4v) is 6.11. The van der Waals surface area contributed by atoms with Crippen molar-refractivity contribution in [2.75, 3.05) is 27.2 Å². The third-order valence-corrected chi connectivity index (χ3v) is 8.97. The van der Waals surface area contributed by atoms with Crippen molar-refractivity contribution >= 4 is 5.97 Å². The smallest absolute Gasteiger partial charge is 0.305 e. The molecule has 0 saturated heterocycles. The molecule has 0 aromatic rings. The van der Waals surface area contributed by atoms with Gasteiger partial charge in [0, 0.05) is 6.42 Å². The van der Waals surface area contributed by atoms with Gasteiger partial charge >= 0.3 is 5.97 Å². The third kappa shape index (κ3) is 23.8. The first kappa shape index (κ1) is 37.2. The molecule has 0 aliphatic heterocycles. The van der Waals surface area contributed by atoms with Crippen LogP contribution in [0.2, 0.25) is 0 Å². The summed E-state index contributed by atoms with van der Waals surface area (Å²) in [5, 5.41) is 0. The normalized spacial score (nSPS) is 16.4. The van der Waals surface area contributed by atoms with Crippen LogP contribution in [0.3, 0.4) is 0 Å². The number of ether oxygens (including phenoxy) is 1. The van der Waals surface area contributed by atoms with Crippen LogP contribution in [0.5, 0.6) is 0 Å². The predicted molar refractivity (Wildman–Crippen MR) is 176 cm³/mol. The number of hydrogen-bond acceptors (Lipinski definition) is 3.